The van der Waals surface area contributed by atoms with Crippen LogP contribution >= 0.6 is 0 Å². The molecule has 0 aliphatic carbocycles. The second-order valence-corrected chi connectivity index (χ2v) is 1.62. The minimum absolute atomic E-state index is 0.448. The molecule has 0 amide bonds. The first-order chi connectivity index (χ1) is 4.16. The quantitative estimate of drug-likeness (QED) is 0.426. The van der Waals surface area contributed by atoms with Gasteiger partial charge in [-0.1, -0.05) is 0 Å². The predicted octanol–water partition coefficient (Wildman–Crippen LogP) is 0.0964. The van der Waals surface area contributed by atoms with Crippen molar-refractivity contribution in [3.8, 4) is 0 Å². The van der Waals surface area contributed by atoms with Gasteiger partial charge in [-0.15, -0.1) is 0 Å². The topological polar surface area (TPSA) is 46.5 Å². The van der Waals surface area contributed by atoms with Crippen LogP contribution in [0.1, 0.15) is 6.92 Å². The van der Waals surface area contributed by atoms with Crippen molar-refractivity contribution in [1.82, 2.24) is 0 Å². The molecule has 0 spiro atoms. The van der Waals surface area contributed by atoms with Crippen molar-refractivity contribution in [2.45, 2.75) is 13.0 Å². The Bertz CT molecular complexity index is 115. The average Bonchev–Trinajstić information content (AvgIpc) is 1.83. The van der Waals surface area contributed by atoms with Crippen LogP contribution in [-0.4, -0.2) is 24.3 Å². The Balaban J connectivity index is 3.57. The fraction of sp³-hybridized carbons (Fsp3) is 0.500. The van der Waals surface area contributed by atoms with Crippen molar-refractivity contribution in [2.24, 2.45) is 0 Å². The monoisotopic (exact) mass is 130 g/mol. The fourth-order valence-electron chi connectivity index (χ4n) is 0.286. The maximum atomic E-state index is 10.3. The molecule has 0 heterocycles. The van der Waals surface area contributed by atoms with Crippen molar-refractivity contribution >= 4 is 5.97 Å². The molecule has 0 saturated carbocycles. The van der Waals surface area contributed by atoms with Gasteiger partial charge in [-0.3, -0.25) is 0 Å². The standard InChI is InChI=1S/C6H10O3/c1-5(7)3-4-6(8)9-2/h3-5,7H,1-2H3/b4-3+. The maximum Gasteiger partial charge on any atom is 0.330 e. The second-order valence-electron chi connectivity index (χ2n) is 1.62. The van der Waals surface area contributed by atoms with Gasteiger partial charge < -0.3 is 9.84 Å². The summed E-state index contributed by atoms with van der Waals surface area (Å²) in [6.07, 6.45) is 1.94. The normalized spacial score (nSPS) is 13.7. The molecule has 3 nitrogen and oxygen atoms in total. The summed E-state index contributed by atoms with van der Waals surface area (Å²) in [7, 11) is 1.29. The summed E-state index contributed by atoms with van der Waals surface area (Å²) < 4.78 is 4.26. The number of hydrogen-bond acceptors (Lipinski definition) is 3. The van der Waals surface area contributed by atoms with Crippen molar-refractivity contribution in [3.63, 3.8) is 0 Å². The highest BCUT2D eigenvalue weighted by Crippen LogP contribution is 1.83. The molecular formula is C6H10O3. The Morgan fingerprint density at radius 2 is 2.33 bits per heavy atom. The number of aliphatic hydroxyl groups excluding tert-OH is 1. The van der Waals surface area contributed by atoms with Gasteiger partial charge in [-0.2, -0.15) is 0 Å². The van der Waals surface area contributed by atoms with Crippen molar-refractivity contribution in [1.29, 1.82) is 0 Å². The zero-order valence-corrected chi connectivity index (χ0v) is 5.50. The molecule has 52 valence electrons. The number of hydrogen-bond donors (Lipinski definition) is 1. The highest BCUT2D eigenvalue weighted by molar-refractivity contribution is 5.81. The molecule has 0 bridgehead atoms. The lowest BCUT2D eigenvalue weighted by molar-refractivity contribution is -0.134. The molecule has 0 aromatic carbocycles. The highest BCUT2D eigenvalue weighted by Gasteiger charge is 1.91. The number of methoxy groups -OCH3 is 1. The summed E-state index contributed by atoms with van der Waals surface area (Å²) in [6.45, 7) is 1.56. The summed E-state index contributed by atoms with van der Waals surface area (Å²) in [5.74, 6) is -0.448. The fourth-order valence-corrected chi connectivity index (χ4v) is 0.286. The first-order valence-electron chi connectivity index (χ1n) is 2.61. The van der Waals surface area contributed by atoms with Crippen LogP contribution < -0.4 is 0 Å². The average molecular weight is 130 g/mol. The summed E-state index contributed by atoms with van der Waals surface area (Å²) in [5, 5.41) is 8.60. The number of esters is 1. The Kier molecular flexibility index (Phi) is 3.71. The largest absolute Gasteiger partial charge is 0.466 e. The maximum absolute atomic E-state index is 10.3. The highest BCUT2D eigenvalue weighted by atomic mass is 16.5. The van der Waals surface area contributed by atoms with Gasteiger partial charge in [0, 0.05) is 6.08 Å². The van der Waals surface area contributed by atoms with Crippen LogP contribution in [0.4, 0.5) is 0 Å². The first kappa shape index (κ1) is 8.17. The molecule has 1 atom stereocenters. The second kappa shape index (κ2) is 4.09. The van der Waals surface area contributed by atoms with Gasteiger partial charge in [0.25, 0.3) is 0 Å². The van der Waals surface area contributed by atoms with Crippen LogP contribution in [0, 0.1) is 0 Å². The smallest absolute Gasteiger partial charge is 0.330 e. The van der Waals surface area contributed by atoms with E-state index in [1.54, 1.807) is 6.92 Å². The third kappa shape index (κ3) is 5.03. The SMILES string of the molecule is COC(=O)/C=C/C(C)O. The van der Waals surface area contributed by atoms with Crippen LogP contribution in [-0.2, 0) is 9.53 Å². The third-order valence-corrected chi connectivity index (χ3v) is 0.712. The molecule has 1 N–H and O–H groups in total. The number of carbonyl (C=O) groups is 1. The summed E-state index contributed by atoms with van der Waals surface area (Å²) in [6, 6.07) is 0. The van der Waals surface area contributed by atoms with E-state index >= 15 is 0 Å². The van der Waals surface area contributed by atoms with Gasteiger partial charge in [0.1, 0.15) is 0 Å². The van der Waals surface area contributed by atoms with Crippen molar-refractivity contribution in [3.05, 3.63) is 12.2 Å². The number of rotatable bonds is 2. The molecule has 9 heavy (non-hydrogen) atoms. The zero-order valence-electron chi connectivity index (χ0n) is 5.50. The molecule has 3 heteroatoms. The summed E-state index contributed by atoms with van der Waals surface area (Å²) in [5.41, 5.74) is 0. The molecule has 0 rings (SSSR count). The van der Waals surface area contributed by atoms with E-state index in [-0.39, 0.29) is 0 Å². The van der Waals surface area contributed by atoms with E-state index in [4.69, 9.17) is 5.11 Å². The molecule has 0 aromatic rings. The lowest BCUT2D eigenvalue weighted by atomic mass is 10.3. The van der Waals surface area contributed by atoms with E-state index in [9.17, 15) is 4.79 Å². The summed E-state index contributed by atoms with van der Waals surface area (Å²) >= 11 is 0. The molecule has 0 fully saturated rings. The first-order valence-corrected chi connectivity index (χ1v) is 2.61. The Hall–Kier alpha value is -0.830. The van der Waals surface area contributed by atoms with Crippen LogP contribution in [0.2, 0.25) is 0 Å². The van der Waals surface area contributed by atoms with Crippen LogP contribution in [0.3, 0.4) is 0 Å². The van der Waals surface area contributed by atoms with Gasteiger partial charge >= 0.3 is 5.97 Å². The van der Waals surface area contributed by atoms with E-state index in [0.717, 1.165) is 0 Å². The Labute approximate surface area is 53.9 Å². The van der Waals surface area contributed by atoms with Crippen molar-refractivity contribution in [2.75, 3.05) is 7.11 Å². The molecule has 0 aromatic heterocycles. The van der Waals surface area contributed by atoms with Gasteiger partial charge in [-0.25, -0.2) is 4.79 Å². The van der Waals surface area contributed by atoms with E-state index in [1.165, 1.54) is 19.3 Å². The van der Waals surface area contributed by atoms with Crippen LogP contribution in [0.25, 0.3) is 0 Å². The van der Waals surface area contributed by atoms with Gasteiger partial charge in [-0.05, 0) is 13.0 Å². The van der Waals surface area contributed by atoms with Crippen LogP contribution in [0.5, 0.6) is 0 Å². The van der Waals surface area contributed by atoms with Gasteiger partial charge in [0.2, 0.25) is 0 Å². The third-order valence-electron chi connectivity index (χ3n) is 0.712. The molecule has 1 unspecified atom stereocenters. The lowest BCUT2D eigenvalue weighted by Gasteiger charge is -1.91. The van der Waals surface area contributed by atoms with Gasteiger partial charge in [0.05, 0.1) is 13.2 Å². The Morgan fingerprint density at radius 1 is 1.78 bits per heavy atom. The van der Waals surface area contributed by atoms with E-state index < -0.39 is 12.1 Å². The number of ether oxygens (including phenoxy) is 1. The van der Waals surface area contributed by atoms with Crippen LogP contribution in [0.15, 0.2) is 12.2 Å². The molecule has 0 aliphatic rings. The minimum atomic E-state index is -0.593. The zero-order chi connectivity index (χ0) is 7.28. The lowest BCUT2D eigenvalue weighted by Crippen LogP contribution is -1.98. The predicted molar refractivity (Wildman–Crippen MR) is 32.8 cm³/mol. The molecule has 0 aliphatic heterocycles. The van der Waals surface area contributed by atoms with Gasteiger partial charge in [0.15, 0.2) is 0 Å². The number of carbonyl (C=O) groups excluding carboxylic acids is 1. The summed E-state index contributed by atoms with van der Waals surface area (Å²) in [4.78, 5) is 10.3. The Morgan fingerprint density at radius 3 is 2.67 bits per heavy atom. The number of aliphatic hydroxyl groups is 1. The molecular weight excluding hydrogens is 120 g/mol. The van der Waals surface area contributed by atoms with E-state index in [1.807, 2.05) is 0 Å². The minimum Gasteiger partial charge on any atom is -0.466 e. The van der Waals surface area contributed by atoms with E-state index in [2.05, 4.69) is 4.74 Å². The van der Waals surface area contributed by atoms with E-state index in [0.29, 0.717) is 0 Å². The molecule has 0 saturated heterocycles. The van der Waals surface area contributed by atoms with Crippen molar-refractivity contribution < 1.29 is 14.6 Å². The molecule has 0 radical (unpaired) electrons.